The Morgan fingerprint density at radius 3 is 1.91 bits per heavy atom. The summed E-state index contributed by atoms with van der Waals surface area (Å²) in [7, 11) is 3.70. The number of Topliss-reactive ketones (excluding diaryl/α,β-unsaturated/α-hetero) is 1. The second kappa shape index (κ2) is 27.3. The van der Waals surface area contributed by atoms with Gasteiger partial charge < -0.3 is 19.0 Å². The van der Waals surface area contributed by atoms with E-state index in [2.05, 4.69) is 63.1 Å². The van der Waals surface area contributed by atoms with Gasteiger partial charge in [-0.25, -0.2) is 9.37 Å². The Morgan fingerprint density at radius 1 is 1.07 bits per heavy atom. The van der Waals surface area contributed by atoms with Gasteiger partial charge in [0.2, 0.25) is 5.88 Å². The highest BCUT2D eigenvalue weighted by Gasteiger charge is 2.18. The zero-order valence-electron chi connectivity index (χ0n) is 29.5. The van der Waals surface area contributed by atoms with E-state index in [0.29, 0.717) is 29.0 Å². The number of carbonyl (C=O) groups is 2. The number of nitrogens with one attached hydrogen (secondary N) is 1. The molecular weight excluding hydrogens is 563 g/mol. The number of benzene rings is 1. The van der Waals surface area contributed by atoms with E-state index in [1.54, 1.807) is 25.3 Å². The molecule has 43 heavy (non-hydrogen) atoms. The highest BCUT2D eigenvalue weighted by atomic mass is 32.2. The van der Waals surface area contributed by atoms with E-state index in [1.807, 2.05) is 33.1 Å². The Bertz CT molecular complexity index is 985. The van der Waals surface area contributed by atoms with Crippen LogP contribution in [0.4, 0.5) is 4.39 Å². The summed E-state index contributed by atoms with van der Waals surface area (Å²) >= 11 is 1.36. The maximum Gasteiger partial charge on any atom is 0.213 e. The van der Waals surface area contributed by atoms with E-state index >= 15 is 0 Å². The van der Waals surface area contributed by atoms with E-state index in [1.165, 1.54) is 57.8 Å². The zero-order valence-corrected chi connectivity index (χ0v) is 30.3. The molecule has 2 rings (SSSR count). The molecule has 1 aromatic heterocycles. The summed E-state index contributed by atoms with van der Waals surface area (Å²) in [5.74, 6) is 1.06. The number of aryl methyl sites for hydroxylation is 1. The molecule has 0 saturated heterocycles. The number of carbonyl (C=O) groups excluding carboxylic acids is 2. The molecule has 6 nitrogen and oxygen atoms in total. The summed E-state index contributed by atoms with van der Waals surface area (Å²) in [5, 5.41) is 3.38. The number of ketones is 1. The van der Waals surface area contributed by atoms with E-state index < -0.39 is 0 Å². The lowest BCUT2D eigenvalue weighted by Gasteiger charge is -2.28. The van der Waals surface area contributed by atoms with Crippen LogP contribution < -0.4 is 10.1 Å². The monoisotopic (exact) mass is 624 g/mol. The normalized spacial score (nSPS) is 10.2. The number of ether oxygens (including phenoxy) is 1. The average molecular weight is 625 g/mol. The van der Waals surface area contributed by atoms with Crippen LogP contribution in [0, 0.1) is 18.7 Å². The molecule has 1 N–H and O–H groups in total. The van der Waals surface area contributed by atoms with Crippen LogP contribution >= 0.6 is 12.0 Å². The van der Waals surface area contributed by atoms with Gasteiger partial charge in [0.15, 0.2) is 0 Å². The lowest BCUT2D eigenvalue weighted by Crippen LogP contribution is -2.39. The van der Waals surface area contributed by atoms with Crippen LogP contribution in [0.3, 0.4) is 0 Å². The van der Waals surface area contributed by atoms with Crippen molar-refractivity contribution in [1.29, 1.82) is 0 Å². The first-order valence-electron chi connectivity index (χ1n) is 15.1. The molecule has 1 heterocycles. The number of aldehydes is 1. The molecular formula is C35H61FN2O4S. The summed E-state index contributed by atoms with van der Waals surface area (Å²) in [6, 6.07) is 7.01. The molecule has 0 amide bonds. The molecule has 0 spiro atoms. The van der Waals surface area contributed by atoms with Gasteiger partial charge >= 0.3 is 0 Å². The maximum atomic E-state index is 13.9. The van der Waals surface area contributed by atoms with Gasteiger partial charge in [-0.1, -0.05) is 59.6 Å². The highest BCUT2D eigenvalue weighted by molar-refractivity contribution is 7.93. The standard InChI is InChI=1S/C17H18FNO2.C9H21N.C4H10.C3H6O.C2H6OS/c1-11(2)21-17-8-15(16(18)9-19-17)7-14-5-4-13(10-20)6-12(14)3;1-5-7-9(3,10-4)8-6-2;1-4(2)3;1-3(2)4;1-3-4-2/h4-6,8-11H,7H2,1-3H3;10H,5-8H2,1-4H3;4H,1-3H3;2*1-2H3. The van der Waals surface area contributed by atoms with Crippen molar-refractivity contribution in [3.8, 4) is 5.88 Å². The second-order valence-electron chi connectivity index (χ2n) is 11.5. The number of aromatic nitrogens is 1. The van der Waals surface area contributed by atoms with Crippen molar-refractivity contribution in [2.45, 2.75) is 120 Å². The van der Waals surface area contributed by atoms with Crippen LogP contribution in [0.5, 0.6) is 5.88 Å². The number of hydrogen-bond acceptors (Lipinski definition) is 7. The molecule has 0 radical (unpaired) electrons. The number of hydrogen-bond donors (Lipinski definition) is 1. The Labute approximate surface area is 267 Å². The highest BCUT2D eigenvalue weighted by Crippen LogP contribution is 2.21. The minimum atomic E-state index is -0.357. The van der Waals surface area contributed by atoms with Crippen molar-refractivity contribution in [3.63, 3.8) is 0 Å². The van der Waals surface area contributed by atoms with E-state index in [4.69, 9.17) is 4.74 Å². The van der Waals surface area contributed by atoms with Gasteiger partial charge in [-0.05, 0) is 102 Å². The van der Waals surface area contributed by atoms with Gasteiger partial charge in [0.05, 0.1) is 19.4 Å². The van der Waals surface area contributed by atoms with Crippen molar-refractivity contribution >= 4 is 24.1 Å². The summed E-state index contributed by atoms with van der Waals surface area (Å²) in [6.07, 6.45) is 9.42. The summed E-state index contributed by atoms with van der Waals surface area (Å²) in [4.78, 5) is 24.1. The molecule has 1 aromatic carbocycles. The van der Waals surface area contributed by atoms with Crippen LogP contribution in [-0.4, -0.2) is 49.1 Å². The van der Waals surface area contributed by atoms with Crippen LogP contribution in [0.25, 0.3) is 0 Å². The number of pyridine rings is 1. The topological polar surface area (TPSA) is 77.5 Å². The Hall–Kier alpha value is -2.29. The van der Waals surface area contributed by atoms with Crippen molar-refractivity contribution < 1.29 is 22.9 Å². The van der Waals surface area contributed by atoms with Gasteiger partial charge in [-0.2, -0.15) is 0 Å². The third-order valence-corrected chi connectivity index (χ3v) is 5.86. The molecule has 0 aliphatic heterocycles. The summed E-state index contributed by atoms with van der Waals surface area (Å²) in [6.45, 7) is 22.0. The van der Waals surface area contributed by atoms with Crippen molar-refractivity contribution in [2.75, 3.05) is 20.4 Å². The van der Waals surface area contributed by atoms with Crippen LogP contribution in [0.1, 0.15) is 122 Å². The fourth-order valence-electron chi connectivity index (χ4n) is 3.57. The predicted octanol–water partition coefficient (Wildman–Crippen LogP) is 9.45. The van der Waals surface area contributed by atoms with Gasteiger partial charge in [-0.3, -0.25) is 4.79 Å². The lowest BCUT2D eigenvalue weighted by atomic mass is 9.91. The van der Waals surface area contributed by atoms with Gasteiger partial charge in [0.25, 0.3) is 0 Å². The maximum absolute atomic E-state index is 13.9. The van der Waals surface area contributed by atoms with Gasteiger partial charge in [0.1, 0.15) is 17.9 Å². The molecule has 0 atom stereocenters. The van der Waals surface area contributed by atoms with Crippen molar-refractivity contribution in [3.05, 3.63) is 58.5 Å². The fraction of sp³-hybridized carbons (Fsp3) is 0.629. The number of nitrogens with zero attached hydrogens (tertiary/aromatic N) is 1. The SMILES string of the molecule is CC(C)=O.CC(C)C.CCCC(C)(CCC)NC.COSC.Cc1cc(C=O)ccc1Cc1cc(OC(C)C)ncc1F. The van der Waals surface area contributed by atoms with Crippen LogP contribution in [0.2, 0.25) is 0 Å². The third kappa shape index (κ3) is 27.0. The molecule has 248 valence electrons. The zero-order chi connectivity index (χ0) is 34.0. The first-order valence-corrected chi connectivity index (χ1v) is 16.3. The molecule has 2 aromatic rings. The van der Waals surface area contributed by atoms with E-state index in [0.717, 1.165) is 23.3 Å². The Balaban J connectivity index is -0.000000601. The minimum Gasteiger partial charge on any atom is -0.475 e. The van der Waals surface area contributed by atoms with Crippen molar-refractivity contribution in [2.24, 2.45) is 5.92 Å². The first kappa shape index (κ1) is 45.1. The van der Waals surface area contributed by atoms with E-state index in [-0.39, 0.29) is 17.7 Å². The smallest absolute Gasteiger partial charge is 0.213 e. The van der Waals surface area contributed by atoms with E-state index in [9.17, 15) is 14.0 Å². The molecule has 0 aliphatic carbocycles. The molecule has 0 saturated carbocycles. The van der Waals surface area contributed by atoms with Crippen molar-refractivity contribution in [1.82, 2.24) is 10.3 Å². The molecule has 8 heteroatoms. The molecule has 0 unspecified atom stereocenters. The average Bonchev–Trinajstić information content (AvgIpc) is 2.91. The third-order valence-electron chi connectivity index (χ3n) is 5.52. The first-order chi connectivity index (χ1) is 20.1. The fourth-order valence-corrected chi connectivity index (χ4v) is 3.57. The lowest BCUT2D eigenvalue weighted by molar-refractivity contribution is -0.115. The summed E-state index contributed by atoms with van der Waals surface area (Å²) < 4.78 is 23.8. The van der Waals surface area contributed by atoms with Crippen LogP contribution in [-0.2, 0) is 15.4 Å². The minimum absolute atomic E-state index is 0.00979. The molecule has 0 bridgehead atoms. The molecule has 0 fully saturated rings. The number of rotatable bonds is 11. The largest absolute Gasteiger partial charge is 0.475 e. The summed E-state index contributed by atoms with van der Waals surface area (Å²) in [5.41, 5.74) is 3.48. The van der Waals surface area contributed by atoms with Gasteiger partial charge in [0, 0.05) is 29.8 Å². The van der Waals surface area contributed by atoms with Gasteiger partial charge in [-0.15, -0.1) is 0 Å². The quantitative estimate of drug-likeness (QED) is 0.197. The molecule has 0 aliphatic rings. The second-order valence-corrected chi connectivity index (χ2v) is 12.2. The Kier molecular flexibility index (Phi) is 28.6. The van der Waals surface area contributed by atoms with Crippen LogP contribution in [0.15, 0.2) is 30.5 Å². The number of halogens is 1. The Morgan fingerprint density at radius 2 is 1.56 bits per heavy atom. The predicted molar refractivity (Wildman–Crippen MR) is 184 cm³/mol.